The van der Waals surface area contributed by atoms with Crippen molar-refractivity contribution >= 4 is 60.1 Å². The first-order valence-electron chi connectivity index (χ1n) is 4.93. The van der Waals surface area contributed by atoms with Gasteiger partial charge in [0.2, 0.25) is 0 Å². The highest BCUT2D eigenvalue weighted by molar-refractivity contribution is 14.1. The van der Waals surface area contributed by atoms with E-state index in [9.17, 15) is 0 Å². The number of hydrogen-bond donors (Lipinski definition) is 1. The first-order valence-corrected chi connectivity index (χ1v) is 7.60. The Morgan fingerprint density at radius 1 is 1.18 bits per heavy atom. The van der Waals surface area contributed by atoms with E-state index >= 15 is 0 Å². The van der Waals surface area contributed by atoms with Gasteiger partial charge in [0, 0.05) is 37.1 Å². The molecule has 1 N–H and O–H groups in total. The Balaban J connectivity index is 2.09. The van der Waals surface area contributed by atoms with E-state index in [0.717, 1.165) is 26.7 Å². The maximum Gasteiger partial charge on any atom is 0.0497 e. The van der Waals surface area contributed by atoms with Crippen LogP contribution >= 0.6 is 54.5 Å². The molecule has 5 heteroatoms. The van der Waals surface area contributed by atoms with Crippen LogP contribution in [0.1, 0.15) is 5.56 Å². The van der Waals surface area contributed by atoms with Crippen molar-refractivity contribution in [1.29, 1.82) is 0 Å². The molecule has 1 heterocycles. The van der Waals surface area contributed by atoms with Gasteiger partial charge in [-0.1, -0.05) is 0 Å². The molecule has 88 valence electrons. The van der Waals surface area contributed by atoms with Crippen molar-refractivity contribution in [3.63, 3.8) is 0 Å². The lowest BCUT2D eigenvalue weighted by Gasteiger charge is -2.09. The largest absolute Gasteiger partial charge is 0.380 e. The van der Waals surface area contributed by atoms with Gasteiger partial charge < -0.3 is 5.32 Å². The number of benzene rings is 1. The fourth-order valence-corrected chi connectivity index (χ4v) is 2.67. The molecule has 2 rings (SSSR count). The van der Waals surface area contributed by atoms with Crippen molar-refractivity contribution in [3.8, 4) is 0 Å². The lowest BCUT2D eigenvalue weighted by molar-refractivity contribution is 1.10. The van der Waals surface area contributed by atoms with Crippen LogP contribution in [-0.2, 0) is 6.54 Å². The van der Waals surface area contributed by atoms with Crippen LogP contribution in [0.5, 0.6) is 0 Å². The summed E-state index contributed by atoms with van der Waals surface area (Å²) in [6, 6.07) is 8.28. The van der Waals surface area contributed by atoms with Crippen LogP contribution in [0, 0.1) is 3.57 Å². The van der Waals surface area contributed by atoms with E-state index in [4.69, 9.17) is 0 Å². The zero-order chi connectivity index (χ0) is 12.3. The number of aromatic nitrogens is 1. The monoisotopic (exact) mass is 466 g/mol. The van der Waals surface area contributed by atoms with E-state index < -0.39 is 0 Å². The van der Waals surface area contributed by atoms with Crippen LogP contribution in [0.2, 0.25) is 0 Å². The minimum atomic E-state index is 0.755. The van der Waals surface area contributed by atoms with Gasteiger partial charge in [-0.2, -0.15) is 0 Å². The van der Waals surface area contributed by atoms with Gasteiger partial charge in [-0.05, 0) is 84.3 Å². The van der Waals surface area contributed by atoms with E-state index in [2.05, 4.69) is 83.0 Å². The number of nitrogens with zero attached hydrogens (tertiary/aromatic N) is 1. The van der Waals surface area contributed by atoms with Gasteiger partial charge in [0.15, 0.2) is 0 Å². The van der Waals surface area contributed by atoms with Crippen molar-refractivity contribution in [2.45, 2.75) is 6.54 Å². The summed E-state index contributed by atoms with van der Waals surface area (Å²) in [5.41, 5.74) is 2.24. The molecular weight excluding hydrogens is 459 g/mol. The van der Waals surface area contributed by atoms with E-state index in [1.54, 1.807) is 6.20 Å². The van der Waals surface area contributed by atoms with Crippen molar-refractivity contribution in [2.24, 2.45) is 0 Å². The van der Waals surface area contributed by atoms with Crippen molar-refractivity contribution in [3.05, 3.63) is 54.7 Å². The van der Waals surface area contributed by atoms with E-state index in [1.165, 1.54) is 3.57 Å². The normalized spacial score (nSPS) is 10.3. The fourth-order valence-electron chi connectivity index (χ4n) is 1.38. The second kappa shape index (κ2) is 6.15. The average molecular weight is 468 g/mol. The number of hydrogen-bond acceptors (Lipinski definition) is 2. The number of anilines is 1. The van der Waals surface area contributed by atoms with Crippen molar-refractivity contribution < 1.29 is 0 Å². The first-order chi connectivity index (χ1) is 8.15. The third-order valence-electron chi connectivity index (χ3n) is 2.17. The van der Waals surface area contributed by atoms with Crippen LogP contribution in [0.15, 0.2) is 45.6 Å². The van der Waals surface area contributed by atoms with Gasteiger partial charge >= 0.3 is 0 Å². The predicted octanol–water partition coefficient (Wildman–Crippen LogP) is 4.82. The molecule has 0 unspecified atom stereocenters. The summed E-state index contributed by atoms with van der Waals surface area (Å²) in [7, 11) is 0. The second-order valence-electron chi connectivity index (χ2n) is 3.49. The smallest absolute Gasteiger partial charge is 0.0497 e. The SMILES string of the molecule is Brc1cncc(CNc2cc(I)ccc2Br)c1. The molecule has 1 aromatic heterocycles. The van der Waals surface area contributed by atoms with Crippen molar-refractivity contribution in [2.75, 3.05) is 5.32 Å². The molecular formula is C12H9Br2IN2. The highest BCUT2D eigenvalue weighted by atomic mass is 127. The molecule has 2 aromatic rings. The maximum atomic E-state index is 4.14. The van der Waals surface area contributed by atoms with Crippen LogP contribution in [0.4, 0.5) is 5.69 Å². The van der Waals surface area contributed by atoms with Crippen LogP contribution in [0.25, 0.3) is 0 Å². The molecule has 2 nitrogen and oxygen atoms in total. The summed E-state index contributed by atoms with van der Waals surface area (Å²) >= 11 is 9.24. The van der Waals surface area contributed by atoms with Gasteiger partial charge in [-0.15, -0.1) is 0 Å². The van der Waals surface area contributed by atoms with E-state index in [-0.39, 0.29) is 0 Å². The van der Waals surface area contributed by atoms with Gasteiger partial charge in [-0.25, -0.2) is 0 Å². The van der Waals surface area contributed by atoms with E-state index in [0.29, 0.717) is 0 Å². The lowest BCUT2D eigenvalue weighted by atomic mass is 10.2. The minimum absolute atomic E-state index is 0.755. The molecule has 0 aliphatic heterocycles. The molecule has 0 radical (unpaired) electrons. The Kier molecular flexibility index (Phi) is 4.81. The predicted molar refractivity (Wildman–Crippen MR) is 86.1 cm³/mol. The Morgan fingerprint density at radius 2 is 2.00 bits per heavy atom. The number of rotatable bonds is 3. The molecule has 0 saturated carbocycles. The summed E-state index contributed by atoms with van der Waals surface area (Å²) < 4.78 is 3.28. The molecule has 0 saturated heterocycles. The third-order valence-corrected chi connectivity index (χ3v) is 3.97. The average Bonchev–Trinajstić information content (AvgIpc) is 2.30. The third kappa shape index (κ3) is 3.93. The topological polar surface area (TPSA) is 24.9 Å². The maximum absolute atomic E-state index is 4.14. The summed E-state index contributed by atoms with van der Waals surface area (Å²) in [6.45, 7) is 0.755. The highest BCUT2D eigenvalue weighted by Gasteiger charge is 2.01. The van der Waals surface area contributed by atoms with Gasteiger partial charge in [-0.3, -0.25) is 4.98 Å². The van der Waals surface area contributed by atoms with Gasteiger partial charge in [0.25, 0.3) is 0 Å². The number of pyridine rings is 1. The Bertz CT molecular complexity index is 532. The van der Waals surface area contributed by atoms with Crippen molar-refractivity contribution in [1.82, 2.24) is 4.98 Å². The van der Waals surface area contributed by atoms with Gasteiger partial charge in [0.1, 0.15) is 0 Å². The quantitative estimate of drug-likeness (QED) is 0.654. The molecule has 0 amide bonds. The number of halogens is 3. The summed E-state index contributed by atoms with van der Waals surface area (Å²) in [5.74, 6) is 0. The standard InChI is InChI=1S/C12H9Br2IN2/c13-9-3-8(5-16-7-9)6-17-12-4-10(15)1-2-11(12)14/h1-5,7,17H,6H2. The highest BCUT2D eigenvalue weighted by Crippen LogP contribution is 2.25. The summed E-state index contributed by atoms with van der Waals surface area (Å²) in [6.07, 6.45) is 3.64. The van der Waals surface area contributed by atoms with Crippen LogP contribution in [0.3, 0.4) is 0 Å². The van der Waals surface area contributed by atoms with Crippen LogP contribution < -0.4 is 5.32 Å². The Morgan fingerprint density at radius 3 is 2.76 bits per heavy atom. The Hall–Kier alpha value is -0.140. The molecule has 17 heavy (non-hydrogen) atoms. The molecule has 0 aliphatic rings. The molecule has 0 fully saturated rings. The van der Waals surface area contributed by atoms with Gasteiger partial charge in [0.05, 0.1) is 0 Å². The zero-order valence-electron chi connectivity index (χ0n) is 8.75. The lowest BCUT2D eigenvalue weighted by Crippen LogP contribution is -2.00. The van der Waals surface area contributed by atoms with E-state index in [1.807, 2.05) is 12.3 Å². The fraction of sp³-hybridized carbons (Fsp3) is 0.0833. The molecule has 0 bridgehead atoms. The number of nitrogens with one attached hydrogen (secondary N) is 1. The molecule has 0 atom stereocenters. The Labute approximate surface area is 131 Å². The first kappa shape index (κ1) is 13.3. The molecule has 0 aliphatic carbocycles. The minimum Gasteiger partial charge on any atom is -0.380 e. The molecule has 1 aromatic carbocycles. The molecule has 0 spiro atoms. The summed E-state index contributed by atoms with van der Waals surface area (Å²) in [4.78, 5) is 4.14. The van der Waals surface area contributed by atoms with Crippen LogP contribution in [-0.4, -0.2) is 4.98 Å². The summed E-state index contributed by atoms with van der Waals surface area (Å²) in [5, 5.41) is 3.38. The zero-order valence-corrected chi connectivity index (χ0v) is 14.1. The second-order valence-corrected chi connectivity index (χ2v) is 6.50.